The van der Waals surface area contributed by atoms with Crippen LogP contribution in [0.4, 0.5) is 5.69 Å². The Morgan fingerprint density at radius 2 is 1.89 bits per heavy atom. The molecule has 1 aliphatic rings. The average molecular weight is 420 g/mol. The van der Waals surface area contributed by atoms with Crippen molar-refractivity contribution in [3.8, 4) is 11.5 Å². The number of hydrogen-bond donors (Lipinski definition) is 1. The van der Waals surface area contributed by atoms with Crippen LogP contribution in [0.15, 0.2) is 42.5 Å². The fourth-order valence-corrected chi connectivity index (χ4v) is 3.59. The number of halogens is 1. The number of ether oxygens (including phenoxy) is 2. The number of primary amides is 1. The summed E-state index contributed by atoms with van der Waals surface area (Å²) >= 11 is 11.8. The molecule has 0 atom stereocenters. The smallest absolute Gasteiger partial charge is 0.255 e. The number of benzene rings is 2. The van der Waals surface area contributed by atoms with Crippen LogP contribution in [0.1, 0.15) is 5.56 Å². The molecule has 2 N–H and O–H groups in total. The van der Waals surface area contributed by atoms with Crippen LogP contribution in [-0.2, 0) is 4.79 Å². The third-order valence-corrected chi connectivity index (χ3v) is 5.25. The van der Waals surface area contributed by atoms with E-state index in [0.29, 0.717) is 11.5 Å². The second kappa shape index (κ2) is 9.12. The predicted octanol–water partition coefficient (Wildman–Crippen LogP) is 2.71. The zero-order valence-electron chi connectivity index (χ0n) is 15.6. The largest absolute Gasteiger partial charge is 0.493 e. The Kier molecular flexibility index (Phi) is 6.59. The van der Waals surface area contributed by atoms with Crippen LogP contribution in [0.2, 0.25) is 5.02 Å². The van der Waals surface area contributed by atoms with Crippen molar-refractivity contribution in [3.05, 3.63) is 53.1 Å². The summed E-state index contributed by atoms with van der Waals surface area (Å²) in [5.74, 6) is 0.427. The van der Waals surface area contributed by atoms with Gasteiger partial charge in [-0.2, -0.15) is 0 Å². The topological polar surface area (TPSA) is 68.0 Å². The number of thiocarbonyl (C=S) groups is 1. The Labute approximate surface area is 174 Å². The maximum atomic E-state index is 10.9. The van der Waals surface area contributed by atoms with E-state index in [0.717, 1.165) is 47.4 Å². The first-order valence-electron chi connectivity index (χ1n) is 8.87. The molecule has 0 spiro atoms. The first-order chi connectivity index (χ1) is 13.5. The second-order valence-corrected chi connectivity index (χ2v) is 7.20. The highest BCUT2D eigenvalue weighted by Crippen LogP contribution is 2.29. The summed E-state index contributed by atoms with van der Waals surface area (Å²) in [6.45, 7) is 3.14. The molecule has 2 aromatic carbocycles. The van der Waals surface area contributed by atoms with E-state index in [9.17, 15) is 4.79 Å². The normalized spacial score (nSPS) is 13.9. The lowest BCUT2D eigenvalue weighted by molar-refractivity contribution is -0.119. The summed E-state index contributed by atoms with van der Waals surface area (Å²) < 4.78 is 10.7. The molecular weight excluding hydrogens is 398 g/mol. The van der Waals surface area contributed by atoms with E-state index in [1.54, 1.807) is 13.2 Å². The number of carbonyl (C=O) groups is 1. The van der Waals surface area contributed by atoms with Crippen molar-refractivity contribution in [2.75, 3.05) is 44.8 Å². The van der Waals surface area contributed by atoms with Gasteiger partial charge in [-0.05, 0) is 36.4 Å². The van der Waals surface area contributed by atoms with Gasteiger partial charge in [-0.25, -0.2) is 0 Å². The van der Waals surface area contributed by atoms with Crippen molar-refractivity contribution >= 4 is 40.4 Å². The van der Waals surface area contributed by atoms with Crippen molar-refractivity contribution < 1.29 is 14.3 Å². The molecule has 28 heavy (non-hydrogen) atoms. The van der Waals surface area contributed by atoms with Crippen LogP contribution in [0.25, 0.3) is 0 Å². The summed E-state index contributed by atoms with van der Waals surface area (Å²) in [6, 6.07) is 13.3. The number of methoxy groups -OCH3 is 1. The van der Waals surface area contributed by atoms with E-state index >= 15 is 0 Å². The second-order valence-electron chi connectivity index (χ2n) is 6.38. The van der Waals surface area contributed by atoms with Crippen LogP contribution in [0.5, 0.6) is 11.5 Å². The number of nitrogens with two attached hydrogens (primary N) is 1. The molecule has 148 valence electrons. The Hall–Kier alpha value is -2.51. The fraction of sp³-hybridized carbons (Fsp3) is 0.300. The van der Waals surface area contributed by atoms with Crippen LogP contribution in [0, 0.1) is 0 Å². The van der Waals surface area contributed by atoms with Gasteiger partial charge in [0.25, 0.3) is 5.91 Å². The van der Waals surface area contributed by atoms with Crippen LogP contribution < -0.4 is 20.1 Å². The molecule has 0 aromatic heterocycles. The van der Waals surface area contributed by atoms with Crippen molar-refractivity contribution in [2.45, 2.75) is 0 Å². The van der Waals surface area contributed by atoms with E-state index in [-0.39, 0.29) is 6.61 Å². The summed E-state index contributed by atoms with van der Waals surface area (Å²) in [4.78, 5) is 16.1. The van der Waals surface area contributed by atoms with Gasteiger partial charge < -0.3 is 25.0 Å². The molecule has 0 bridgehead atoms. The molecule has 6 nitrogen and oxygen atoms in total. The first kappa shape index (κ1) is 20.2. The van der Waals surface area contributed by atoms with Gasteiger partial charge in [0.05, 0.1) is 7.11 Å². The quantitative estimate of drug-likeness (QED) is 0.726. The lowest BCUT2D eigenvalue weighted by Crippen LogP contribution is -2.48. The van der Waals surface area contributed by atoms with Gasteiger partial charge in [-0.15, -0.1) is 0 Å². The lowest BCUT2D eigenvalue weighted by atomic mass is 10.1. The number of nitrogens with zero attached hydrogens (tertiary/aromatic N) is 2. The molecule has 0 radical (unpaired) electrons. The van der Waals surface area contributed by atoms with Gasteiger partial charge in [0.1, 0.15) is 4.99 Å². The average Bonchev–Trinajstić information content (AvgIpc) is 2.71. The van der Waals surface area contributed by atoms with Crippen molar-refractivity contribution in [2.24, 2.45) is 5.73 Å². The first-order valence-corrected chi connectivity index (χ1v) is 9.65. The van der Waals surface area contributed by atoms with Crippen molar-refractivity contribution in [1.29, 1.82) is 0 Å². The maximum absolute atomic E-state index is 10.9. The van der Waals surface area contributed by atoms with E-state index in [2.05, 4.69) is 15.9 Å². The molecule has 3 rings (SSSR count). The van der Waals surface area contributed by atoms with E-state index in [1.807, 2.05) is 30.3 Å². The zero-order valence-corrected chi connectivity index (χ0v) is 17.1. The number of rotatable bonds is 6. The molecule has 0 saturated carbocycles. The summed E-state index contributed by atoms with van der Waals surface area (Å²) in [5.41, 5.74) is 7.12. The number of hydrogen-bond acceptors (Lipinski definition) is 5. The van der Waals surface area contributed by atoms with Gasteiger partial charge in [0, 0.05) is 42.5 Å². The predicted molar refractivity (Wildman–Crippen MR) is 115 cm³/mol. The number of carbonyl (C=O) groups excluding carboxylic acids is 1. The maximum Gasteiger partial charge on any atom is 0.255 e. The molecule has 1 saturated heterocycles. The number of anilines is 1. The van der Waals surface area contributed by atoms with Crippen LogP contribution in [0.3, 0.4) is 0 Å². The minimum atomic E-state index is -0.542. The van der Waals surface area contributed by atoms with Crippen LogP contribution in [-0.4, -0.2) is 55.7 Å². The highest BCUT2D eigenvalue weighted by atomic mass is 35.5. The van der Waals surface area contributed by atoms with Crippen LogP contribution >= 0.6 is 23.8 Å². The Balaban J connectivity index is 1.65. The molecule has 2 aromatic rings. The van der Waals surface area contributed by atoms with E-state index in [4.69, 9.17) is 39.0 Å². The highest BCUT2D eigenvalue weighted by molar-refractivity contribution is 7.80. The monoisotopic (exact) mass is 419 g/mol. The van der Waals surface area contributed by atoms with Crippen molar-refractivity contribution in [3.63, 3.8) is 0 Å². The molecule has 1 amide bonds. The lowest BCUT2D eigenvalue weighted by Gasteiger charge is -2.37. The van der Waals surface area contributed by atoms with Crippen molar-refractivity contribution in [1.82, 2.24) is 4.90 Å². The zero-order chi connectivity index (χ0) is 20.1. The van der Waals surface area contributed by atoms with Gasteiger partial charge in [0.2, 0.25) is 0 Å². The summed E-state index contributed by atoms with van der Waals surface area (Å²) in [5, 5.41) is 0.737. The molecule has 0 unspecified atom stereocenters. The Morgan fingerprint density at radius 3 is 2.54 bits per heavy atom. The summed E-state index contributed by atoms with van der Waals surface area (Å²) in [7, 11) is 1.54. The molecule has 1 aliphatic heterocycles. The van der Waals surface area contributed by atoms with E-state index < -0.39 is 5.91 Å². The minimum Gasteiger partial charge on any atom is -0.493 e. The van der Waals surface area contributed by atoms with Gasteiger partial charge >= 0.3 is 0 Å². The number of piperazine rings is 1. The third-order valence-electron chi connectivity index (χ3n) is 4.52. The molecular formula is C20H22ClN3O3S. The van der Waals surface area contributed by atoms with Gasteiger partial charge in [-0.3, -0.25) is 4.79 Å². The highest BCUT2D eigenvalue weighted by Gasteiger charge is 2.21. The third kappa shape index (κ3) is 4.85. The minimum absolute atomic E-state index is 0.203. The number of amides is 1. The van der Waals surface area contributed by atoms with E-state index in [1.165, 1.54) is 0 Å². The SMILES string of the molecule is COc1cc(C(=S)N2CCN(c3cccc(Cl)c3)CC2)ccc1OCC(N)=O. The Bertz CT molecular complexity index is 870. The van der Waals surface area contributed by atoms with Gasteiger partial charge in [0.15, 0.2) is 18.1 Å². The molecule has 1 fully saturated rings. The molecule has 1 heterocycles. The fourth-order valence-electron chi connectivity index (χ4n) is 3.09. The van der Waals surface area contributed by atoms with Gasteiger partial charge in [-0.1, -0.05) is 29.9 Å². The molecule has 0 aliphatic carbocycles. The summed E-state index contributed by atoms with van der Waals surface area (Å²) in [6.07, 6.45) is 0. The standard InChI is InChI=1S/C20H22ClN3O3S/c1-26-18-11-14(5-6-17(18)27-13-19(22)25)20(28)24-9-7-23(8-10-24)16-4-2-3-15(21)12-16/h2-6,11-12H,7-10,13H2,1H3,(H2,22,25). The Morgan fingerprint density at radius 1 is 1.14 bits per heavy atom. The molecule has 8 heteroatoms.